The number of hydrogen-bond donors (Lipinski definition) is 1. The van der Waals surface area contributed by atoms with Crippen LogP contribution in [0.25, 0.3) is 0 Å². The number of hydrogen-bond acceptors (Lipinski definition) is 7. The summed E-state index contributed by atoms with van der Waals surface area (Å²) in [6.45, 7) is 3.24. The second kappa shape index (κ2) is 7.71. The molecule has 1 aromatic carbocycles. The average molecular weight is 419 g/mol. The highest BCUT2D eigenvalue weighted by Gasteiger charge is 2.31. The molecule has 2 aromatic rings. The topological polar surface area (TPSA) is 67.2 Å². The van der Waals surface area contributed by atoms with Gasteiger partial charge in [-0.15, -0.1) is 5.10 Å². The molecule has 1 aromatic heterocycles. The second-order valence-corrected chi connectivity index (χ2v) is 10.1. The van der Waals surface area contributed by atoms with Crippen molar-refractivity contribution < 1.29 is 8.42 Å². The molecule has 1 fully saturated rings. The zero-order valence-electron chi connectivity index (χ0n) is 13.7. The van der Waals surface area contributed by atoms with Crippen molar-refractivity contribution in [1.82, 2.24) is 14.7 Å². The van der Waals surface area contributed by atoms with Crippen LogP contribution in [0.3, 0.4) is 0 Å². The van der Waals surface area contributed by atoms with E-state index in [0.717, 1.165) is 12.2 Å². The third-order valence-corrected chi connectivity index (χ3v) is 7.47. The number of sulfone groups is 1. The highest BCUT2D eigenvalue weighted by Crippen LogP contribution is 2.27. The zero-order chi connectivity index (χ0) is 18.0. The van der Waals surface area contributed by atoms with E-state index in [1.54, 1.807) is 10.7 Å². The van der Waals surface area contributed by atoms with Gasteiger partial charge in [0.15, 0.2) is 13.8 Å². The second-order valence-electron chi connectivity index (χ2n) is 5.88. The Morgan fingerprint density at radius 2 is 2.24 bits per heavy atom. The van der Waals surface area contributed by atoms with Crippen LogP contribution in [0, 0.1) is 3.95 Å². The maximum absolute atomic E-state index is 11.7. The van der Waals surface area contributed by atoms with Gasteiger partial charge in [0.05, 0.1) is 28.9 Å². The zero-order valence-corrected chi connectivity index (χ0v) is 16.9. The molecule has 0 radical (unpaired) electrons. The van der Waals surface area contributed by atoms with E-state index in [-0.39, 0.29) is 17.5 Å². The fraction of sp³-hybridized carbons (Fsp3) is 0.467. The summed E-state index contributed by atoms with van der Waals surface area (Å²) in [5, 5.41) is 8.97. The Kier molecular flexibility index (Phi) is 5.79. The number of aromatic nitrogens is 2. The van der Waals surface area contributed by atoms with Crippen molar-refractivity contribution in [3.05, 3.63) is 33.2 Å². The summed E-state index contributed by atoms with van der Waals surface area (Å²) < 4.78 is 25.8. The van der Waals surface area contributed by atoms with Gasteiger partial charge in [-0.2, -0.15) is 0 Å². The van der Waals surface area contributed by atoms with E-state index in [4.69, 9.17) is 23.8 Å². The van der Waals surface area contributed by atoms with Crippen LogP contribution in [0.2, 0.25) is 5.02 Å². The fourth-order valence-electron chi connectivity index (χ4n) is 2.83. The smallest absolute Gasteiger partial charge is 0.209 e. The Hall–Kier alpha value is -1.00. The molecule has 0 spiro atoms. The molecular weight excluding hydrogens is 400 g/mol. The summed E-state index contributed by atoms with van der Waals surface area (Å²) in [5.41, 5.74) is 0.773. The summed E-state index contributed by atoms with van der Waals surface area (Å²) in [7, 11) is -2.92. The SMILES string of the molecule is CCN(Cn1nc(Nc2ccccc2Cl)sc1=S)[C@@H]1CCS(=O)(=O)C1. The van der Waals surface area contributed by atoms with E-state index >= 15 is 0 Å². The van der Waals surface area contributed by atoms with Crippen molar-refractivity contribution in [3.8, 4) is 0 Å². The minimum absolute atomic E-state index is 0.0265. The van der Waals surface area contributed by atoms with E-state index in [2.05, 4.69) is 15.3 Å². The molecule has 1 N–H and O–H groups in total. The Bertz CT molecular complexity index is 909. The van der Waals surface area contributed by atoms with Crippen molar-refractivity contribution in [2.75, 3.05) is 23.4 Å². The van der Waals surface area contributed by atoms with E-state index in [1.807, 2.05) is 25.1 Å². The quantitative estimate of drug-likeness (QED) is 0.723. The van der Waals surface area contributed by atoms with Gasteiger partial charge >= 0.3 is 0 Å². The first kappa shape index (κ1) is 18.8. The molecule has 0 amide bonds. The molecule has 1 aliphatic rings. The van der Waals surface area contributed by atoms with E-state index in [0.29, 0.717) is 27.2 Å². The van der Waals surface area contributed by atoms with E-state index in [9.17, 15) is 8.42 Å². The first-order chi connectivity index (χ1) is 11.9. The largest absolute Gasteiger partial charge is 0.329 e. The predicted octanol–water partition coefficient (Wildman–Crippen LogP) is 3.54. The third-order valence-electron chi connectivity index (χ3n) is 4.17. The average Bonchev–Trinajstić information content (AvgIpc) is 3.09. The summed E-state index contributed by atoms with van der Waals surface area (Å²) in [5.74, 6) is 0.471. The first-order valence-electron chi connectivity index (χ1n) is 7.92. The van der Waals surface area contributed by atoms with Crippen LogP contribution < -0.4 is 5.32 Å². The Labute approximate surface area is 161 Å². The highest BCUT2D eigenvalue weighted by atomic mass is 35.5. The first-order valence-corrected chi connectivity index (χ1v) is 11.3. The van der Waals surface area contributed by atoms with E-state index in [1.165, 1.54) is 11.3 Å². The minimum atomic E-state index is -2.92. The van der Waals surface area contributed by atoms with E-state index < -0.39 is 9.84 Å². The van der Waals surface area contributed by atoms with Gasteiger partial charge < -0.3 is 5.32 Å². The molecule has 3 rings (SSSR count). The summed E-state index contributed by atoms with van der Waals surface area (Å²) in [6.07, 6.45) is 0.665. The van der Waals surface area contributed by atoms with Crippen molar-refractivity contribution >= 4 is 55.8 Å². The lowest BCUT2D eigenvalue weighted by molar-refractivity contribution is 0.165. The fourth-order valence-corrected chi connectivity index (χ4v) is 5.78. The highest BCUT2D eigenvalue weighted by molar-refractivity contribution is 7.91. The molecule has 1 saturated heterocycles. The van der Waals surface area contributed by atoms with Gasteiger partial charge in [-0.25, -0.2) is 13.1 Å². The molecule has 2 heterocycles. The lowest BCUT2D eigenvalue weighted by Crippen LogP contribution is -2.37. The van der Waals surface area contributed by atoms with Gasteiger partial charge in [0.1, 0.15) is 0 Å². The molecule has 136 valence electrons. The third kappa shape index (κ3) is 4.59. The molecule has 0 saturated carbocycles. The van der Waals surface area contributed by atoms with Gasteiger partial charge in [0.2, 0.25) is 5.13 Å². The Balaban J connectivity index is 1.74. The molecule has 0 bridgehead atoms. The van der Waals surface area contributed by atoms with Gasteiger partial charge in [0, 0.05) is 6.04 Å². The van der Waals surface area contributed by atoms with Crippen molar-refractivity contribution in [2.45, 2.75) is 26.1 Å². The van der Waals surface area contributed by atoms with Crippen LogP contribution in [0.1, 0.15) is 13.3 Å². The standard InChI is InChI=1S/C15H19ClN4O2S3/c1-2-19(11-7-8-25(21,22)9-11)10-20-15(23)24-14(18-20)17-13-6-4-3-5-12(13)16/h3-6,11H,2,7-10H2,1H3,(H,17,18)/t11-/m1/s1. The van der Waals surface area contributed by atoms with Crippen LogP contribution in [0.15, 0.2) is 24.3 Å². The molecule has 0 unspecified atom stereocenters. The molecule has 1 atom stereocenters. The van der Waals surface area contributed by atoms with Gasteiger partial charge in [0.25, 0.3) is 0 Å². The van der Waals surface area contributed by atoms with Crippen LogP contribution >= 0.6 is 35.2 Å². The summed E-state index contributed by atoms with van der Waals surface area (Å²) >= 11 is 12.9. The maximum Gasteiger partial charge on any atom is 0.209 e. The maximum atomic E-state index is 11.7. The van der Waals surface area contributed by atoms with Crippen LogP contribution in [-0.4, -0.2) is 47.2 Å². The number of halogens is 1. The number of nitrogens with one attached hydrogen (secondary N) is 1. The van der Waals surface area contributed by atoms with Crippen molar-refractivity contribution in [1.29, 1.82) is 0 Å². The number of para-hydroxylation sites is 1. The molecule has 6 nitrogen and oxygen atoms in total. The molecule has 25 heavy (non-hydrogen) atoms. The molecule has 1 aliphatic heterocycles. The van der Waals surface area contributed by atoms with Crippen LogP contribution in [0.4, 0.5) is 10.8 Å². The van der Waals surface area contributed by atoms with Crippen LogP contribution in [-0.2, 0) is 16.5 Å². The Morgan fingerprint density at radius 1 is 1.48 bits per heavy atom. The number of nitrogens with zero attached hydrogens (tertiary/aromatic N) is 3. The van der Waals surface area contributed by atoms with Crippen molar-refractivity contribution in [3.63, 3.8) is 0 Å². The molecular formula is C15H19ClN4O2S3. The Morgan fingerprint density at radius 3 is 2.88 bits per heavy atom. The normalized spacial score (nSPS) is 19.4. The van der Waals surface area contributed by atoms with Gasteiger partial charge in [-0.1, -0.05) is 42.0 Å². The lowest BCUT2D eigenvalue weighted by Gasteiger charge is -2.25. The van der Waals surface area contributed by atoms with Gasteiger partial charge in [-0.05, 0) is 37.3 Å². The van der Waals surface area contributed by atoms with Crippen molar-refractivity contribution in [2.24, 2.45) is 0 Å². The summed E-state index contributed by atoms with van der Waals surface area (Å²) in [4.78, 5) is 2.11. The minimum Gasteiger partial charge on any atom is -0.329 e. The molecule has 0 aliphatic carbocycles. The number of anilines is 2. The monoisotopic (exact) mass is 418 g/mol. The predicted molar refractivity (Wildman–Crippen MR) is 105 cm³/mol. The lowest BCUT2D eigenvalue weighted by atomic mass is 10.2. The van der Waals surface area contributed by atoms with Gasteiger partial charge in [-0.3, -0.25) is 4.90 Å². The molecule has 10 heteroatoms. The van der Waals surface area contributed by atoms with Crippen LogP contribution in [0.5, 0.6) is 0 Å². The number of benzene rings is 1. The number of rotatable bonds is 6. The summed E-state index contributed by atoms with van der Waals surface area (Å²) in [6, 6.07) is 7.46.